The van der Waals surface area contributed by atoms with E-state index in [1.165, 1.54) is 6.42 Å². The Bertz CT molecular complexity index is 208. The van der Waals surface area contributed by atoms with Gasteiger partial charge in [0.1, 0.15) is 0 Å². The number of hydrogen-bond acceptors (Lipinski definition) is 2. The lowest BCUT2D eigenvalue weighted by Crippen LogP contribution is -2.43. The normalized spacial score (nSPS) is 27.7. The van der Waals surface area contributed by atoms with Gasteiger partial charge in [0.05, 0.1) is 0 Å². The molecule has 82 valence electrons. The molecule has 0 saturated heterocycles. The van der Waals surface area contributed by atoms with E-state index in [-0.39, 0.29) is 11.4 Å². The molecule has 1 amide bonds. The second kappa shape index (κ2) is 4.30. The molecule has 0 aromatic carbocycles. The minimum Gasteiger partial charge on any atom is -0.354 e. The van der Waals surface area contributed by atoms with Crippen LogP contribution in [-0.4, -0.2) is 23.5 Å². The van der Waals surface area contributed by atoms with Gasteiger partial charge in [-0.15, -0.1) is 0 Å². The zero-order valence-electron chi connectivity index (χ0n) is 9.68. The Hall–Kier alpha value is -0.570. The number of nitrogens with one attached hydrogen (secondary N) is 2. The zero-order valence-corrected chi connectivity index (χ0v) is 9.68. The summed E-state index contributed by atoms with van der Waals surface area (Å²) in [5.74, 6) is 0.0893. The van der Waals surface area contributed by atoms with Crippen LogP contribution in [0.5, 0.6) is 0 Å². The molecule has 0 radical (unpaired) electrons. The summed E-state index contributed by atoms with van der Waals surface area (Å²) in [6, 6.07) is 0.944. The molecule has 1 rings (SSSR count). The summed E-state index contributed by atoms with van der Waals surface area (Å²) in [6.07, 6.45) is 3.34. The van der Waals surface area contributed by atoms with Crippen LogP contribution < -0.4 is 10.6 Å². The number of hydrogen-bond donors (Lipinski definition) is 2. The Balaban J connectivity index is 2.31. The summed E-state index contributed by atoms with van der Waals surface area (Å²) in [5.41, 5.74) is 0.176. The van der Waals surface area contributed by atoms with E-state index in [1.54, 1.807) is 6.92 Å². The van der Waals surface area contributed by atoms with Crippen LogP contribution in [0, 0.1) is 0 Å². The smallest absolute Gasteiger partial charge is 0.217 e. The van der Waals surface area contributed by atoms with Crippen molar-refractivity contribution in [1.82, 2.24) is 10.6 Å². The third-order valence-electron chi connectivity index (χ3n) is 2.48. The molecule has 0 spiro atoms. The van der Waals surface area contributed by atoms with Crippen molar-refractivity contribution in [2.24, 2.45) is 0 Å². The quantitative estimate of drug-likeness (QED) is 0.705. The van der Waals surface area contributed by atoms with Gasteiger partial charge in [0.25, 0.3) is 0 Å². The SMILES string of the molecule is CC(=O)N[C@H]1CC[C@H](NC(C)(C)C)C1. The van der Waals surface area contributed by atoms with Crippen LogP contribution in [0.3, 0.4) is 0 Å². The highest BCUT2D eigenvalue weighted by molar-refractivity contribution is 5.73. The van der Waals surface area contributed by atoms with Gasteiger partial charge in [-0.25, -0.2) is 0 Å². The fourth-order valence-corrected chi connectivity index (χ4v) is 2.14. The summed E-state index contributed by atoms with van der Waals surface area (Å²) in [4.78, 5) is 10.9. The van der Waals surface area contributed by atoms with Crippen LogP contribution in [0.15, 0.2) is 0 Å². The first-order chi connectivity index (χ1) is 6.37. The van der Waals surface area contributed by atoms with Crippen molar-refractivity contribution >= 4 is 5.91 Å². The highest BCUT2D eigenvalue weighted by atomic mass is 16.1. The molecule has 1 fully saturated rings. The summed E-state index contributed by atoms with van der Waals surface area (Å²) in [5, 5.41) is 6.55. The Morgan fingerprint density at radius 2 is 1.79 bits per heavy atom. The predicted molar refractivity (Wildman–Crippen MR) is 58.1 cm³/mol. The fourth-order valence-electron chi connectivity index (χ4n) is 2.14. The van der Waals surface area contributed by atoms with Crippen LogP contribution in [-0.2, 0) is 4.79 Å². The first-order valence-electron chi connectivity index (χ1n) is 5.41. The maximum atomic E-state index is 10.9. The topological polar surface area (TPSA) is 41.1 Å². The van der Waals surface area contributed by atoms with E-state index in [0.717, 1.165) is 12.8 Å². The lowest BCUT2D eigenvalue weighted by Gasteiger charge is -2.25. The van der Waals surface area contributed by atoms with Crippen LogP contribution in [0.4, 0.5) is 0 Å². The molecule has 0 aromatic heterocycles. The van der Waals surface area contributed by atoms with E-state index < -0.39 is 0 Å². The lowest BCUT2D eigenvalue weighted by molar-refractivity contribution is -0.119. The second-order valence-corrected chi connectivity index (χ2v) is 5.30. The molecule has 2 atom stereocenters. The molecule has 0 aliphatic heterocycles. The van der Waals surface area contributed by atoms with Gasteiger partial charge >= 0.3 is 0 Å². The Morgan fingerprint density at radius 3 is 2.29 bits per heavy atom. The number of carbonyl (C=O) groups is 1. The van der Waals surface area contributed by atoms with Crippen LogP contribution in [0.2, 0.25) is 0 Å². The average Bonchev–Trinajstić information content (AvgIpc) is 2.30. The van der Waals surface area contributed by atoms with Crippen molar-refractivity contribution in [2.45, 2.75) is 64.6 Å². The molecule has 0 aromatic rings. The average molecular weight is 198 g/mol. The summed E-state index contributed by atoms with van der Waals surface area (Å²) < 4.78 is 0. The van der Waals surface area contributed by atoms with Crippen molar-refractivity contribution in [3.05, 3.63) is 0 Å². The van der Waals surface area contributed by atoms with Gasteiger partial charge in [0, 0.05) is 24.5 Å². The maximum Gasteiger partial charge on any atom is 0.217 e. The first kappa shape index (κ1) is 11.5. The first-order valence-corrected chi connectivity index (χ1v) is 5.41. The van der Waals surface area contributed by atoms with Gasteiger partial charge in [-0.1, -0.05) is 0 Å². The Labute approximate surface area is 86.6 Å². The summed E-state index contributed by atoms with van der Waals surface area (Å²) in [6.45, 7) is 8.13. The van der Waals surface area contributed by atoms with Gasteiger partial charge in [-0.05, 0) is 40.0 Å². The molecule has 14 heavy (non-hydrogen) atoms. The minimum absolute atomic E-state index is 0.0893. The molecule has 3 heteroatoms. The van der Waals surface area contributed by atoms with Crippen molar-refractivity contribution in [3.63, 3.8) is 0 Å². The van der Waals surface area contributed by atoms with Crippen molar-refractivity contribution < 1.29 is 4.79 Å². The van der Waals surface area contributed by atoms with E-state index in [0.29, 0.717) is 12.1 Å². The molecule has 3 nitrogen and oxygen atoms in total. The standard InChI is InChI=1S/C11H22N2O/c1-8(14)12-9-5-6-10(7-9)13-11(2,3)4/h9-10,13H,5-7H2,1-4H3,(H,12,14)/t9-,10-/m0/s1. The van der Waals surface area contributed by atoms with E-state index >= 15 is 0 Å². The number of carbonyl (C=O) groups excluding carboxylic acids is 1. The second-order valence-electron chi connectivity index (χ2n) is 5.30. The molecule has 0 heterocycles. The zero-order chi connectivity index (χ0) is 10.8. The largest absolute Gasteiger partial charge is 0.354 e. The van der Waals surface area contributed by atoms with Crippen molar-refractivity contribution in [2.75, 3.05) is 0 Å². The Morgan fingerprint density at radius 1 is 1.21 bits per heavy atom. The lowest BCUT2D eigenvalue weighted by atomic mass is 10.1. The van der Waals surface area contributed by atoms with E-state index in [2.05, 4.69) is 31.4 Å². The molecule has 0 unspecified atom stereocenters. The van der Waals surface area contributed by atoms with Crippen molar-refractivity contribution in [1.29, 1.82) is 0 Å². The highest BCUT2D eigenvalue weighted by Crippen LogP contribution is 2.21. The van der Waals surface area contributed by atoms with E-state index in [4.69, 9.17) is 0 Å². The van der Waals surface area contributed by atoms with Gasteiger partial charge in [0.15, 0.2) is 0 Å². The van der Waals surface area contributed by atoms with E-state index in [9.17, 15) is 4.79 Å². The molecule has 1 saturated carbocycles. The molecule has 1 aliphatic rings. The molecular formula is C11H22N2O. The predicted octanol–water partition coefficient (Wildman–Crippen LogP) is 1.43. The molecule has 2 N–H and O–H groups in total. The maximum absolute atomic E-state index is 10.9. The monoisotopic (exact) mass is 198 g/mol. The number of rotatable bonds is 2. The molecule has 1 aliphatic carbocycles. The molecular weight excluding hydrogens is 176 g/mol. The highest BCUT2D eigenvalue weighted by Gasteiger charge is 2.27. The van der Waals surface area contributed by atoms with Crippen LogP contribution in [0.1, 0.15) is 47.0 Å². The fraction of sp³-hybridized carbons (Fsp3) is 0.909. The van der Waals surface area contributed by atoms with Crippen molar-refractivity contribution in [3.8, 4) is 0 Å². The minimum atomic E-state index is 0.0893. The molecule has 0 bridgehead atoms. The van der Waals surface area contributed by atoms with Gasteiger partial charge < -0.3 is 10.6 Å². The van der Waals surface area contributed by atoms with Gasteiger partial charge in [-0.2, -0.15) is 0 Å². The van der Waals surface area contributed by atoms with Crippen LogP contribution in [0.25, 0.3) is 0 Å². The van der Waals surface area contributed by atoms with Gasteiger partial charge in [-0.3, -0.25) is 4.79 Å². The van der Waals surface area contributed by atoms with Gasteiger partial charge in [0.2, 0.25) is 5.91 Å². The summed E-state index contributed by atoms with van der Waals surface area (Å²) in [7, 11) is 0. The van der Waals surface area contributed by atoms with E-state index in [1.807, 2.05) is 0 Å². The summed E-state index contributed by atoms with van der Waals surface area (Å²) >= 11 is 0. The Kier molecular flexibility index (Phi) is 3.53. The number of amides is 1. The van der Waals surface area contributed by atoms with Crippen LogP contribution >= 0.6 is 0 Å². The third kappa shape index (κ3) is 4.09. The third-order valence-corrected chi connectivity index (χ3v) is 2.48.